The van der Waals surface area contributed by atoms with Crippen molar-refractivity contribution < 1.29 is 0 Å². The van der Waals surface area contributed by atoms with Crippen LogP contribution in [0.15, 0.2) is 30.3 Å². The van der Waals surface area contributed by atoms with Gasteiger partial charge in [0.2, 0.25) is 0 Å². The van der Waals surface area contributed by atoms with E-state index in [2.05, 4.69) is 56.8 Å². The molecule has 0 saturated carbocycles. The molecule has 0 bridgehead atoms. The van der Waals surface area contributed by atoms with Gasteiger partial charge in [0.15, 0.2) is 0 Å². The molecule has 0 fully saturated rings. The van der Waals surface area contributed by atoms with Gasteiger partial charge in [0.25, 0.3) is 0 Å². The van der Waals surface area contributed by atoms with Crippen molar-refractivity contribution in [1.82, 2.24) is 0 Å². The van der Waals surface area contributed by atoms with E-state index in [0.29, 0.717) is 0 Å². The van der Waals surface area contributed by atoms with Crippen molar-refractivity contribution in [2.45, 2.75) is 44.6 Å². The van der Waals surface area contributed by atoms with E-state index in [9.17, 15) is 0 Å². The van der Waals surface area contributed by atoms with Crippen LogP contribution in [0, 0.1) is 0 Å². The Kier molecular flexibility index (Phi) is 5.15. The Morgan fingerprint density at radius 3 is 1.80 bits per heavy atom. The molecule has 0 aliphatic carbocycles. The van der Waals surface area contributed by atoms with E-state index < -0.39 is 20.5 Å². The molecule has 15 heavy (non-hydrogen) atoms. The number of hydrogen-bond acceptors (Lipinski definition) is 0. The second-order valence-corrected chi connectivity index (χ2v) is 21.6. The second kappa shape index (κ2) is 5.91. The predicted molar refractivity (Wildman–Crippen MR) is 74.9 cm³/mol. The van der Waals surface area contributed by atoms with Gasteiger partial charge in [-0.25, -0.2) is 0 Å². The molecule has 1 unspecified atom stereocenters. The summed E-state index contributed by atoms with van der Waals surface area (Å²) in [4.78, 5) is 0. The van der Waals surface area contributed by atoms with Crippen LogP contribution in [-0.2, 0) is 0 Å². The van der Waals surface area contributed by atoms with Gasteiger partial charge >= 0.3 is 99.8 Å². The van der Waals surface area contributed by atoms with Crippen LogP contribution in [-0.4, -0.2) is 20.5 Å². The maximum atomic E-state index is 2.59. The van der Waals surface area contributed by atoms with E-state index in [4.69, 9.17) is 0 Å². The Morgan fingerprint density at radius 1 is 0.933 bits per heavy atom. The Morgan fingerprint density at radius 2 is 1.40 bits per heavy atom. The van der Waals surface area contributed by atoms with Gasteiger partial charge in [0.1, 0.15) is 0 Å². The van der Waals surface area contributed by atoms with Crippen LogP contribution in [0.3, 0.4) is 0 Å². The molecule has 1 rings (SSSR count). The summed E-state index contributed by atoms with van der Waals surface area (Å²) in [6.45, 7) is 6.36. The van der Waals surface area contributed by atoms with Gasteiger partial charge in [-0.3, -0.25) is 0 Å². The van der Waals surface area contributed by atoms with Gasteiger partial charge in [-0.05, 0) is 0 Å². The topological polar surface area (TPSA) is 0 Å². The van der Waals surface area contributed by atoms with E-state index in [1.165, 1.54) is 18.1 Å². The zero-order chi connectivity index (χ0) is 11.3. The van der Waals surface area contributed by atoms with Crippen LogP contribution >= 0.6 is 0 Å². The van der Waals surface area contributed by atoms with Gasteiger partial charge < -0.3 is 0 Å². The molecule has 0 heterocycles. The predicted octanol–water partition coefficient (Wildman–Crippen LogP) is 3.61. The molecule has 1 atom stereocenters. The molecule has 0 aliphatic heterocycles. The molecule has 0 radical (unpaired) electrons. The van der Waals surface area contributed by atoms with E-state index >= 15 is 0 Å². The van der Waals surface area contributed by atoms with Crippen molar-refractivity contribution in [2.75, 3.05) is 0 Å². The van der Waals surface area contributed by atoms with E-state index in [1.807, 2.05) is 0 Å². The maximum absolute atomic E-state index is 2.59. The fourth-order valence-corrected chi connectivity index (χ4v) is 20.3. The molecular weight excluding hydrogens is 259 g/mol. The summed E-state index contributed by atoms with van der Waals surface area (Å²) >= 11 is -0.746. The Bertz CT molecular complexity index is 272. The molecule has 0 nitrogen and oxygen atoms in total. The molecule has 0 spiro atoms. The molecule has 0 amide bonds. The van der Waals surface area contributed by atoms with E-state index in [0.717, 1.165) is 0 Å². The summed E-state index contributed by atoms with van der Waals surface area (Å²) in [5.41, 5.74) is 2.59. The Labute approximate surface area is 99.8 Å². The molecule has 2 heteroatoms. The summed E-state index contributed by atoms with van der Waals surface area (Å²) in [6, 6.07) is 15.7. The van der Waals surface area contributed by atoms with Crippen molar-refractivity contribution in [3.8, 4) is 0 Å². The third-order valence-electron chi connectivity index (χ3n) is 3.83. The number of benzene rings is 1. The van der Waals surface area contributed by atoms with Crippen molar-refractivity contribution in [2.24, 2.45) is 0 Å². The Balaban J connectivity index is 2.95. The zero-order valence-electron chi connectivity index (χ0n) is 10.5. The minimum absolute atomic E-state index is 0.746. The first-order chi connectivity index (χ1) is 7.20. The summed E-state index contributed by atoms with van der Waals surface area (Å²) in [7, 11) is 0. The first-order valence-electron chi connectivity index (χ1n) is 5.99. The van der Waals surface area contributed by atoms with E-state index in [-0.39, 0.29) is 0 Å². The van der Waals surface area contributed by atoms with Crippen LogP contribution in [0.25, 0.3) is 0 Å². The van der Waals surface area contributed by atoms with Crippen molar-refractivity contribution >= 4 is 24.9 Å². The molecule has 0 aliphatic rings. The molecule has 0 saturated heterocycles. The first kappa shape index (κ1) is 13.1. The fraction of sp³-hybridized carbons (Fsp3) is 0.538. The van der Waals surface area contributed by atoms with Gasteiger partial charge in [0, 0.05) is 0 Å². The zero-order valence-corrected chi connectivity index (χ0v) is 13.3. The van der Waals surface area contributed by atoms with Crippen LogP contribution in [0.1, 0.15) is 20.8 Å². The van der Waals surface area contributed by atoms with Gasteiger partial charge in [-0.15, -0.1) is 0 Å². The van der Waals surface area contributed by atoms with Crippen molar-refractivity contribution in [3.05, 3.63) is 30.3 Å². The molecule has 84 valence electrons. The van der Waals surface area contributed by atoms with Gasteiger partial charge in [-0.2, -0.15) is 0 Å². The third kappa shape index (κ3) is 2.76. The quantitative estimate of drug-likeness (QED) is 0.724. The van der Waals surface area contributed by atoms with Crippen molar-refractivity contribution in [3.63, 3.8) is 0 Å². The molecule has 0 N–H and O–H groups in total. The molecule has 1 aromatic rings. The van der Waals surface area contributed by atoms with Crippen LogP contribution < -0.4 is 4.35 Å². The minimum atomic E-state index is -0.916. The van der Waals surface area contributed by atoms with E-state index in [1.54, 1.807) is 4.35 Å². The van der Waals surface area contributed by atoms with Crippen LogP contribution in [0.5, 0.6) is 0 Å². The average molecular weight is 282 g/mol. The molecule has 0 aromatic heterocycles. The standard InChI is InChI=1S/C13H23AsSi/c1-5-15(6-2,7-3)14(4)13-11-9-8-10-12-13/h8-12H,5-7H2,1-4H3. The van der Waals surface area contributed by atoms with Crippen molar-refractivity contribution in [1.29, 1.82) is 0 Å². The van der Waals surface area contributed by atoms with Gasteiger partial charge in [-0.1, -0.05) is 0 Å². The SMILES string of the molecule is CC[Si](CC)(CC)[As](C)c1ccccc1. The van der Waals surface area contributed by atoms with Gasteiger partial charge in [0.05, 0.1) is 0 Å². The van der Waals surface area contributed by atoms with Crippen LogP contribution in [0.2, 0.25) is 23.8 Å². The number of rotatable bonds is 5. The fourth-order valence-electron chi connectivity index (χ4n) is 2.39. The normalized spacial score (nSPS) is 13.9. The Hall–Kier alpha value is -0.00468. The first-order valence-corrected chi connectivity index (χ1v) is 14.2. The molecule has 1 aromatic carbocycles. The summed E-state index contributed by atoms with van der Waals surface area (Å²) in [6.07, 6.45) is 0. The number of hydrogen-bond donors (Lipinski definition) is 0. The monoisotopic (exact) mass is 282 g/mol. The summed E-state index contributed by atoms with van der Waals surface area (Å²) in [5, 5.41) is 0. The second-order valence-electron chi connectivity index (χ2n) is 4.18. The molecular formula is C13H23AsSi. The summed E-state index contributed by atoms with van der Waals surface area (Å²) in [5.74, 6) is 0. The third-order valence-corrected chi connectivity index (χ3v) is 27.7. The summed E-state index contributed by atoms with van der Waals surface area (Å²) < 4.78 is 1.70. The van der Waals surface area contributed by atoms with Crippen LogP contribution in [0.4, 0.5) is 0 Å². The average Bonchev–Trinajstić information content (AvgIpc) is 2.33.